The van der Waals surface area contributed by atoms with Crippen LogP contribution in [0.5, 0.6) is 0 Å². The second kappa shape index (κ2) is 7.37. The summed E-state index contributed by atoms with van der Waals surface area (Å²) in [6, 6.07) is -0.205. The van der Waals surface area contributed by atoms with E-state index in [0.717, 1.165) is 0 Å². The van der Waals surface area contributed by atoms with E-state index in [9.17, 15) is 8.42 Å². The lowest BCUT2D eigenvalue weighted by Gasteiger charge is -2.37. The fraction of sp³-hybridized carbons (Fsp3) is 1.00. The second-order valence-corrected chi connectivity index (χ2v) is 5.98. The highest BCUT2D eigenvalue weighted by molar-refractivity contribution is 7.87. The molecule has 1 saturated heterocycles. The second-order valence-electron chi connectivity index (χ2n) is 4.27. The highest BCUT2D eigenvalue weighted by Crippen LogP contribution is 2.21. The Morgan fingerprint density at radius 3 is 2.72 bits per heavy atom. The van der Waals surface area contributed by atoms with Gasteiger partial charge in [-0.2, -0.15) is 17.4 Å². The normalized spacial score (nSPS) is 26.4. The Balaban J connectivity index is 2.63. The van der Waals surface area contributed by atoms with Crippen LogP contribution in [0.4, 0.5) is 0 Å². The van der Waals surface area contributed by atoms with Crippen LogP contribution in [0.1, 0.15) is 12.8 Å². The van der Waals surface area contributed by atoms with Crippen LogP contribution in [0.2, 0.25) is 0 Å². The van der Waals surface area contributed by atoms with Gasteiger partial charge in [0.05, 0.1) is 12.7 Å². The molecule has 1 rings (SSSR count). The van der Waals surface area contributed by atoms with Crippen molar-refractivity contribution in [2.75, 3.05) is 40.5 Å². The molecule has 1 fully saturated rings. The Labute approximate surface area is 109 Å². The van der Waals surface area contributed by atoms with Crippen molar-refractivity contribution in [3.63, 3.8) is 0 Å². The lowest BCUT2D eigenvalue weighted by Crippen LogP contribution is -2.54. The third kappa shape index (κ3) is 4.15. The summed E-state index contributed by atoms with van der Waals surface area (Å²) in [4.78, 5) is 0. The quantitative estimate of drug-likeness (QED) is 0.578. The zero-order valence-electron chi connectivity index (χ0n) is 11.0. The Bertz CT molecular complexity index is 336. The minimum absolute atomic E-state index is 0.0870. The highest BCUT2D eigenvalue weighted by Gasteiger charge is 2.34. The number of hydrogen-bond donors (Lipinski definition) is 2. The van der Waals surface area contributed by atoms with Crippen molar-refractivity contribution >= 4 is 10.2 Å². The third-order valence-corrected chi connectivity index (χ3v) is 4.79. The Hall–Kier alpha value is -0.250. The average Bonchev–Trinajstić information content (AvgIpc) is 2.38. The molecule has 18 heavy (non-hydrogen) atoms. The van der Waals surface area contributed by atoms with Gasteiger partial charge in [-0.15, -0.1) is 0 Å². The minimum Gasteiger partial charge on any atom is -0.383 e. The van der Waals surface area contributed by atoms with E-state index < -0.39 is 10.2 Å². The van der Waals surface area contributed by atoms with Gasteiger partial charge in [0.1, 0.15) is 0 Å². The van der Waals surface area contributed by atoms with Crippen molar-refractivity contribution in [1.82, 2.24) is 9.03 Å². The van der Waals surface area contributed by atoms with Gasteiger partial charge in [-0.05, 0) is 12.8 Å². The highest BCUT2D eigenvalue weighted by atomic mass is 32.2. The maximum Gasteiger partial charge on any atom is 0.279 e. The minimum atomic E-state index is -3.48. The van der Waals surface area contributed by atoms with E-state index in [1.165, 1.54) is 11.4 Å². The molecule has 0 aliphatic carbocycles. The summed E-state index contributed by atoms with van der Waals surface area (Å²) in [7, 11) is -0.314. The summed E-state index contributed by atoms with van der Waals surface area (Å²) < 4.78 is 38.2. The largest absolute Gasteiger partial charge is 0.383 e. The van der Waals surface area contributed by atoms with Crippen LogP contribution in [-0.2, 0) is 19.7 Å². The molecule has 7 nitrogen and oxygen atoms in total. The van der Waals surface area contributed by atoms with E-state index in [1.54, 1.807) is 7.11 Å². The molecule has 2 atom stereocenters. The van der Waals surface area contributed by atoms with Crippen LogP contribution in [0.3, 0.4) is 0 Å². The number of nitrogens with one attached hydrogen (secondary N) is 1. The molecule has 0 radical (unpaired) electrons. The SMILES string of the molecule is COCCNS(=O)(=O)N1CCC(OC)CC1CN. The van der Waals surface area contributed by atoms with Crippen molar-refractivity contribution < 1.29 is 17.9 Å². The van der Waals surface area contributed by atoms with Gasteiger partial charge >= 0.3 is 0 Å². The lowest BCUT2D eigenvalue weighted by molar-refractivity contribution is 0.0397. The van der Waals surface area contributed by atoms with E-state index in [1.807, 2.05) is 0 Å². The molecule has 1 aliphatic rings. The van der Waals surface area contributed by atoms with Crippen molar-refractivity contribution in [2.24, 2.45) is 5.73 Å². The maximum atomic E-state index is 12.1. The molecule has 0 aromatic carbocycles. The van der Waals surface area contributed by atoms with Crippen molar-refractivity contribution in [3.8, 4) is 0 Å². The molecule has 3 N–H and O–H groups in total. The van der Waals surface area contributed by atoms with Gasteiger partial charge < -0.3 is 15.2 Å². The number of ether oxygens (including phenoxy) is 2. The number of methoxy groups -OCH3 is 2. The Morgan fingerprint density at radius 2 is 2.17 bits per heavy atom. The first-order valence-electron chi connectivity index (χ1n) is 6.03. The first kappa shape index (κ1) is 15.8. The van der Waals surface area contributed by atoms with Crippen LogP contribution in [0.25, 0.3) is 0 Å². The van der Waals surface area contributed by atoms with Crippen LogP contribution < -0.4 is 10.5 Å². The molecule has 0 amide bonds. The van der Waals surface area contributed by atoms with Crippen molar-refractivity contribution in [3.05, 3.63) is 0 Å². The Kier molecular flexibility index (Phi) is 6.47. The third-order valence-electron chi connectivity index (χ3n) is 3.12. The molecule has 0 saturated carbocycles. The molecule has 0 aromatic rings. The van der Waals surface area contributed by atoms with Crippen molar-refractivity contribution in [2.45, 2.75) is 25.0 Å². The van der Waals surface area contributed by atoms with E-state index in [0.29, 0.717) is 32.5 Å². The zero-order valence-corrected chi connectivity index (χ0v) is 11.8. The van der Waals surface area contributed by atoms with Gasteiger partial charge in [-0.3, -0.25) is 0 Å². The maximum absolute atomic E-state index is 12.1. The summed E-state index contributed by atoms with van der Waals surface area (Å²) in [5.74, 6) is 0. The molecule has 2 unspecified atom stereocenters. The molecular weight excluding hydrogens is 258 g/mol. The van der Waals surface area contributed by atoms with E-state index in [-0.39, 0.29) is 18.7 Å². The first-order valence-corrected chi connectivity index (χ1v) is 7.47. The van der Waals surface area contributed by atoms with E-state index in [4.69, 9.17) is 15.2 Å². The number of piperidine rings is 1. The molecule has 0 spiro atoms. The van der Waals surface area contributed by atoms with Crippen LogP contribution in [0, 0.1) is 0 Å². The molecule has 0 bridgehead atoms. The summed E-state index contributed by atoms with van der Waals surface area (Å²) >= 11 is 0. The van der Waals surface area contributed by atoms with Gasteiger partial charge in [-0.1, -0.05) is 0 Å². The van der Waals surface area contributed by atoms with Crippen LogP contribution in [-0.4, -0.2) is 65.3 Å². The zero-order chi connectivity index (χ0) is 13.6. The molecular formula is C10H23N3O4S. The molecule has 8 heteroatoms. The van der Waals surface area contributed by atoms with Crippen LogP contribution in [0.15, 0.2) is 0 Å². The van der Waals surface area contributed by atoms with Gasteiger partial charge in [0, 0.05) is 39.9 Å². The Morgan fingerprint density at radius 1 is 1.44 bits per heavy atom. The summed E-state index contributed by atoms with van der Waals surface area (Å²) in [5.41, 5.74) is 5.65. The fourth-order valence-electron chi connectivity index (χ4n) is 2.09. The van der Waals surface area contributed by atoms with Crippen LogP contribution >= 0.6 is 0 Å². The first-order chi connectivity index (χ1) is 8.55. The molecule has 0 aromatic heterocycles. The summed E-state index contributed by atoms with van der Waals surface area (Å²) in [5, 5.41) is 0. The number of hydrogen-bond acceptors (Lipinski definition) is 5. The van der Waals surface area contributed by atoms with Gasteiger partial charge in [0.2, 0.25) is 0 Å². The summed E-state index contributed by atoms with van der Waals surface area (Å²) in [6.45, 7) is 1.34. The summed E-state index contributed by atoms with van der Waals surface area (Å²) in [6.07, 6.45) is 1.42. The lowest BCUT2D eigenvalue weighted by atomic mass is 10.0. The predicted molar refractivity (Wildman–Crippen MR) is 68.4 cm³/mol. The smallest absolute Gasteiger partial charge is 0.279 e. The molecule has 1 heterocycles. The monoisotopic (exact) mass is 281 g/mol. The molecule has 1 aliphatic heterocycles. The number of nitrogens with zero attached hydrogens (tertiary/aromatic N) is 1. The van der Waals surface area contributed by atoms with Gasteiger partial charge in [0.25, 0.3) is 10.2 Å². The fourth-order valence-corrected chi connectivity index (χ4v) is 3.51. The van der Waals surface area contributed by atoms with E-state index >= 15 is 0 Å². The molecule has 108 valence electrons. The van der Waals surface area contributed by atoms with Gasteiger partial charge in [-0.25, -0.2) is 0 Å². The van der Waals surface area contributed by atoms with E-state index in [2.05, 4.69) is 4.72 Å². The van der Waals surface area contributed by atoms with Crippen molar-refractivity contribution in [1.29, 1.82) is 0 Å². The number of rotatable bonds is 7. The topological polar surface area (TPSA) is 93.9 Å². The van der Waals surface area contributed by atoms with Gasteiger partial charge in [0.15, 0.2) is 0 Å². The predicted octanol–water partition coefficient (Wildman–Crippen LogP) is -1.09. The number of nitrogens with two attached hydrogens (primary N) is 1. The standard InChI is InChI=1S/C10H23N3O4S/c1-16-6-4-12-18(14,15)13-5-3-10(17-2)7-9(13)8-11/h9-10,12H,3-8,11H2,1-2H3. The average molecular weight is 281 g/mol.